The Morgan fingerprint density at radius 1 is 1.10 bits per heavy atom. The van der Waals surface area contributed by atoms with E-state index in [4.69, 9.17) is 0 Å². The van der Waals surface area contributed by atoms with Gasteiger partial charge in [0.25, 0.3) is 5.91 Å². The first-order valence-electron chi connectivity index (χ1n) is 10.5. The Hall–Kier alpha value is -3.13. The third-order valence-electron chi connectivity index (χ3n) is 5.65. The molecule has 1 saturated carbocycles. The first-order valence-corrected chi connectivity index (χ1v) is 11.4. The van der Waals surface area contributed by atoms with Crippen LogP contribution in [0, 0.1) is 6.92 Å². The maximum Gasteiger partial charge on any atom is 0.280 e. The van der Waals surface area contributed by atoms with Crippen LogP contribution in [0.2, 0.25) is 0 Å². The molecule has 0 bridgehead atoms. The van der Waals surface area contributed by atoms with Gasteiger partial charge >= 0.3 is 0 Å². The Bertz CT molecular complexity index is 1020. The summed E-state index contributed by atoms with van der Waals surface area (Å²) >= 11 is 1.11. The van der Waals surface area contributed by atoms with Crippen LogP contribution in [0.25, 0.3) is 0 Å². The number of hydrogen-bond acceptors (Lipinski definition) is 6. The van der Waals surface area contributed by atoms with E-state index in [1.807, 2.05) is 31.2 Å². The van der Waals surface area contributed by atoms with Crippen molar-refractivity contribution in [3.8, 4) is 0 Å². The van der Waals surface area contributed by atoms with Gasteiger partial charge in [-0.3, -0.25) is 19.5 Å². The number of nitrogens with zero attached hydrogens (tertiary/aromatic N) is 4. The van der Waals surface area contributed by atoms with E-state index in [9.17, 15) is 9.59 Å². The Balaban J connectivity index is 1.78. The monoisotopic (exact) mass is 435 g/mol. The molecular formula is C23H25N5O2S. The minimum Gasteiger partial charge on any atom is -0.351 e. The van der Waals surface area contributed by atoms with E-state index >= 15 is 0 Å². The van der Waals surface area contributed by atoms with Crippen LogP contribution in [0.3, 0.4) is 0 Å². The van der Waals surface area contributed by atoms with Crippen LogP contribution < -0.4 is 10.2 Å². The van der Waals surface area contributed by atoms with Crippen LogP contribution in [-0.2, 0) is 4.79 Å². The highest BCUT2D eigenvalue weighted by Gasteiger charge is 2.36. The van der Waals surface area contributed by atoms with Crippen LogP contribution in [-0.4, -0.2) is 32.4 Å². The van der Waals surface area contributed by atoms with Gasteiger partial charge in [-0.15, -0.1) is 5.10 Å². The van der Waals surface area contributed by atoms with Crippen molar-refractivity contribution in [2.24, 2.45) is 0 Å². The summed E-state index contributed by atoms with van der Waals surface area (Å²) in [6, 6.07) is 10.4. The van der Waals surface area contributed by atoms with Gasteiger partial charge in [0.2, 0.25) is 5.91 Å². The smallest absolute Gasteiger partial charge is 0.280 e. The van der Waals surface area contributed by atoms with Gasteiger partial charge in [-0.05, 0) is 60.6 Å². The van der Waals surface area contributed by atoms with Crippen LogP contribution in [0.4, 0.5) is 5.69 Å². The Morgan fingerprint density at radius 2 is 1.84 bits per heavy atom. The number of aromatic nitrogens is 3. The van der Waals surface area contributed by atoms with Crippen LogP contribution >= 0.6 is 11.5 Å². The third-order valence-corrected chi connectivity index (χ3v) is 6.16. The first-order chi connectivity index (χ1) is 15.1. The molecule has 1 fully saturated rings. The molecule has 1 aliphatic rings. The minimum absolute atomic E-state index is 0.125. The molecule has 1 aromatic carbocycles. The number of para-hydroxylation sites is 1. The van der Waals surface area contributed by atoms with Crippen molar-refractivity contribution in [3.05, 3.63) is 71.0 Å². The number of carbonyl (C=O) groups is 2. The normalized spacial score (nSPS) is 15.3. The number of carbonyl (C=O) groups excluding carboxylic acids is 2. The first kappa shape index (κ1) is 21.1. The average molecular weight is 436 g/mol. The molecule has 1 aliphatic carbocycles. The van der Waals surface area contributed by atoms with E-state index in [2.05, 4.69) is 19.9 Å². The molecule has 1 N–H and O–H groups in total. The highest BCUT2D eigenvalue weighted by atomic mass is 32.1. The summed E-state index contributed by atoms with van der Waals surface area (Å²) in [5, 5.41) is 8.78. The van der Waals surface area contributed by atoms with E-state index in [1.165, 1.54) is 6.42 Å². The number of aryl methyl sites for hydroxylation is 1. The average Bonchev–Trinajstić information content (AvgIpc) is 3.34. The summed E-state index contributed by atoms with van der Waals surface area (Å²) in [7, 11) is 0. The number of nitrogens with one attached hydrogen (secondary N) is 1. The Morgan fingerprint density at radius 3 is 2.52 bits per heavy atom. The molecule has 2 aromatic heterocycles. The predicted molar refractivity (Wildman–Crippen MR) is 120 cm³/mol. The van der Waals surface area contributed by atoms with Crippen LogP contribution in [0.5, 0.6) is 0 Å². The van der Waals surface area contributed by atoms with Crippen molar-refractivity contribution in [1.82, 2.24) is 19.9 Å². The number of rotatable bonds is 6. The highest BCUT2D eigenvalue weighted by Crippen LogP contribution is 2.32. The van der Waals surface area contributed by atoms with Crippen molar-refractivity contribution < 1.29 is 9.59 Å². The molecule has 0 radical (unpaired) electrons. The lowest BCUT2D eigenvalue weighted by atomic mass is 9.94. The second-order valence-electron chi connectivity index (χ2n) is 7.78. The maximum absolute atomic E-state index is 13.7. The molecule has 0 unspecified atom stereocenters. The molecule has 2 amide bonds. The molecule has 160 valence electrons. The quantitative estimate of drug-likeness (QED) is 0.630. The summed E-state index contributed by atoms with van der Waals surface area (Å²) in [6.45, 7) is 1.93. The molecule has 1 atom stereocenters. The molecular weight excluding hydrogens is 410 g/mol. The number of benzene rings is 1. The van der Waals surface area contributed by atoms with Crippen LogP contribution in [0.1, 0.15) is 59.8 Å². The summed E-state index contributed by atoms with van der Waals surface area (Å²) < 4.78 is 3.85. The zero-order chi connectivity index (χ0) is 21.6. The summed E-state index contributed by atoms with van der Waals surface area (Å²) in [4.78, 5) is 32.9. The summed E-state index contributed by atoms with van der Waals surface area (Å²) in [5.74, 6) is -0.554. The van der Waals surface area contributed by atoms with Gasteiger partial charge < -0.3 is 5.32 Å². The number of anilines is 1. The van der Waals surface area contributed by atoms with Gasteiger partial charge in [-0.2, -0.15) is 0 Å². The van der Waals surface area contributed by atoms with E-state index in [0.29, 0.717) is 11.3 Å². The lowest BCUT2D eigenvalue weighted by Gasteiger charge is -2.33. The maximum atomic E-state index is 13.7. The molecule has 8 heteroatoms. The van der Waals surface area contributed by atoms with Crippen LogP contribution in [0.15, 0.2) is 54.2 Å². The number of pyridine rings is 1. The molecule has 3 aromatic rings. The van der Waals surface area contributed by atoms with Gasteiger partial charge in [0.15, 0.2) is 5.69 Å². The molecule has 7 nitrogen and oxygen atoms in total. The lowest BCUT2D eigenvalue weighted by Crippen LogP contribution is -2.47. The van der Waals surface area contributed by atoms with Gasteiger partial charge in [0.1, 0.15) is 6.04 Å². The van der Waals surface area contributed by atoms with Gasteiger partial charge in [-0.1, -0.05) is 41.9 Å². The SMILES string of the molecule is Cc1ccccc1N(C(=O)c1csnn1)[C@H](C(=O)NC1CCCCC1)c1ccncc1. The number of amides is 2. The molecule has 2 heterocycles. The standard InChI is InChI=1S/C23H25N5O2S/c1-16-7-5-6-10-20(16)28(23(30)19-15-31-27-26-19)21(17-11-13-24-14-12-17)22(29)25-18-8-3-2-4-9-18/h5-7,10-15,18,21H,2-4,8-9H2,1H3,(H,25,29)/t21-/m0/s1. The molecule has 0 spiro atoms. The fourth-order valence-corrected chi connectivity index (χ4v) is 4.50. The topological polar surface area (TPSA) is 88.1 Å². The fraction of sp³-hybridized carbons (Fsp3) is 0.348. The largest absolute Gasteiger partial charge is 0.351 e. The molecule has 31 heavy (non-hydrogen) atoms. The van der Waals surface area contributed by atoms with Gasteiger partial charge in [0, 0.05) is 29.5 Å². The van der Waals surface area contributed by atoms with E-state index in [0.717, 1.165) is 42.8 Å². The second-order valence-corrected chi connectivity index (χ2v) is 8.39. The van der Waals surface area contributed by atoms with Gasteiger partial charge in [0.05, 0.1) is 0 Å². The molecule has 0 aliphatic heterocycles. The zero-order valence-electron chi connectivity index (χ0n) is 17.4. The lowest BCUT2D eigenvalue weighted by molar-refractivity contribution is -0.123. The number of hydrogen-bond donors (Lipinski definition) is 1. The Kier molecular flexibility index (Phi) is 6.66. The van der Waals surface area contributed by atoms with Crippen molar-refractivity contribution in [3.63, 3.8) is 0 Å². The predicted octanol–water partition coefficient (Wildman–Crippen LogP) is 4.08. The molecule has 0 saturated heterocycles. The Labute approximate surface area is 185 Å². The third kappa shape index (κ3) is 4.80. The van der Waals surface area contributed by atoms with Crippen molar-refractivity contribution >= 4 is 29.0 Å². The molecule has 4 rings (SSSR count). The highest BCUT2D eigenvalue weighted by molar-refractivity contribution is 7.03. The zero-order valence-corrected chi connectivity index (χ0v) is 18.2. The fourth-order valence-electron chi connectivity index (χ4n) is 4.07. The minimum atomic E-state index is -0.847. The summed E-state index contributed by atoms with van der Waals surface area (Å²) in [5.41, 5.74) is 2.48. The summed E-state index contributed by atoms with van der Waals surface area (Å²) in [6.07, 6.45) is 8.62. The van der Waals surface area contributed by atoms with Crippen molar-refractivity contribution in [2.45, 2.75) is 51.1 Å². The van der Waals surface area contributed by atoms with Crippen molar-refractivity contribution in [1.29, 1.82) is 0 Å². The second kappa shape index (κ2) is 9.78. The van der Waals surface area contributed by atoms with E-state index in [1.54, 1.807) is 34.8 Å². The van der Waals surface area contributed by atoms with E-state index < -0.39 is 6.04 Å². The van der Waals surface area contributed by atoms with Gasteiger partial charge in [-0.25, -0.2) is 0 Å². The van der Waals surface area contributed by atoms with Crippen molar-refractivity contribution in [2.75, 3.05) is 4.90 Å². The van der Waals surface area contributed by atoms with E-state index in [-0.39, 0.29) is 23.6 Å².